The minimum absolute atomic E-state index is 0.0834. The largest absolute Gasteiger partial charge is 0.364 e. The Hall–Kier alpha value is -1.56. The van der Waals surface area contributed by atoms with Gasteiger partial charge in [-0.1, -0.05) is 23.2 Å². The van der Waals surface area contributed by atoms with Gasteiger partial charge >= 0.3 is 0 Å². The first-order valence-corrected chi connectivity index (χ1v) is 8.26. The van der Waals surface area contributed by atoms with E-state index in [1.165, 1.54) is 5.56 Å². The number of benzene rings is 1. The average molecular weight is 354 g/mol. The summed E-state index contributed by atoms with van der Waals surface area (Å²) < 4.78 is 0. The molecule has 0 bridgehead atoms. The van der Waals surface area contributed by atoms with Gasteiger partial charge in [0.2, 0.25) is 0 Å². The van der Waals surface area contributed by atoms with E-state index >= 15 is 0 Å². The number of carbonyl (C=O) groups is 1. The standard InChI is InChI=1S/C15H13Cl2N3OS/c1-8-4-14(22-7-8)13-6-11(15(18)21)19-20(13)12-3-2-9(16)5-10(12)17/h2-5,7,13H,6H2,1H3,(H2,18,21). The van der Waals surface area contributed by atoms with Gasteiger partial charge in [0.15, 0.2) is 0 Å². The minimum atomic E-state index is -0.508. The highest BCUT2D eigenvalue weighted by Gasteiger charge is 2.33. The molecule has 0 spiro atoms. The van der Waals surface area contributed by atoms with Crippen LogP contribution in [0.2, 0.25) is 10.0 Å². The summed E-state index contributed by atoms with van der Waals surface area (Å²) in [5, 5.41) is 9.23. The fourth-order valence-corrected chi connectivity index (χ4v) is 3.88. The number of nitrogens with zero attached hydrogens (tertiary/aromatic N) is 2. The van der Waals surface area contributed by atoms with Crippen molar-refractivity contribution in [3.63, 3.8) is 0 Å². The maximum Gasteiger partial charge on any atom is 0.265 e. The molecule has 1 unspecified atom stereocenters. The van der Waals surface area contributed by atoms with Crippen LogP contribution in [0, 0.1) is 6.92 Å². The lowest BCUT2D eigenvalue weighted by Crippen LogP contribution is -2.21. The van der Waals surface area contributed by atoms with E-state index in [9.17, 15) is 4.79 Å². The molecule has 1 aliphatic heterocycles. The van der Waals surface area contributed by atoms with Gasteiger partial charge in [0.1, 0.15) is 5.71 Å². The third-order valence-electron chi connectivity index (χ3n) is 3.43. The lowest BCUT2D eigenvalue weighted by Gasteiger charge is -2.23. The molecular weight excluding hydrogens is 341 g/mol. The molecule has 4 nitrogen and oxygen atoms in total. The van der Waals surface area contributed by atoms with Gasteiger partial charge in [0, 0.05) is 16.3 Å². The molecule has 0 saturated heterocycles. The maximum atomic E-state index is 11.5. The highest BCUT2D eigenvalue weighted by Crippen LogP contribution is 2.41. The van der Waals surface area contributed by atoms with E-state index in [1.807, 2.05) is 6.92 Å². The number of halogens is 2. The average Bonchev–Trinajstić information content (AvgIpc) is 3.05. The summed E-state index contributed by atoms with van der Waals surface area (Å²) in [5.41, 5.74) is 7.63. The van der Waals surface area contributed by atoms with Crippen LogP contribution in [-0.4, -0.2) is 11.6 Å². The van der Waals surface area contributed by atoms with Crippen molar-refractivity contribution in [2.45, 2.75) is 19.4 Å². The van der Waals surface area contributed by atoms with Gasteiger partial charge in [-0.3, -0.25) is 9.80 Å². The number of hydrogen-bond donors (Lipinski definition) is 1. The van der Waals surface area contributed by atoms with Crippen molar-refractivity contribution in [3.05, 3.63) is 50.1 Å². The van der Waals surface area contributed by atoms with Crippen LogP contribution in [0.5, 0.6) is 0 Å². The number of hydrogen-bond acceptors (Lipinski definition) is 4. The Balaban J connectivity index is 2.05. The fourth-order valence-electron chi connectivity index (χ4n) is 2.40. The number of nitrogens with two attached hydrogens (primary N) is 1. The summed E-state index contributed by atoms with van der Waals surface area (Å²) in [5.74, 6) is -0.508. The molecule has 3 rings (SSSR count). The third-order valence-corrected chi connectivity index (χ3v) is 5.12. The van der Waals surface area contributed by atoms with Crippen molar-refractivity contribution >= 4 is 51.8 Å². The molecular formula is C15H13Cl2N3OS. The smallest absolute Gasteiger partial charge is 0.265 e. The van der Waals surface area contributed by atoms with Gasteiger partial charge in [-0.2, -0.15) is 5.10 Å². The van der Waals surface area contributed by atoms with Crippen LogP contribution >= 0.6 is 34.5 Å². The van der Waals surface area contributed by atoms with Crippen LogP contribution in [0.15, 0.2) is 34.7 Å². The molecule has 22 heavy (non-hydrogen) atoms. The molecule has 2 aromatic rings. The number of anilines is 1. The topological polar surface area (TPSA) is 58.7 Å². The molecule has 2 heterocycles. The van der Waals surface area contributed by atoms with E-state index in [0.717, 1.165) is 4.88 Å². The Morgan fingerprint density at radius 3 is 2.77 bits per heavy atom. The number of hydrazone groups is 1. The zero-order valence-electron chi connectivity index (χ0n) is 11.7. The number of aryl methyl sites for hydroxylation is 1. The van der Waals surface area contributed by atoms with Gasteiger partial charge in [-0.25, -0.2) is 0 Å². The van der Waals surface area contributed by atoms with Gasteiger partial charge in [-0.15, -0.1) is 11.3 Å². The molecule has 1 aromatic carbocycles. The Kier molecular flexibility index (Phi) is 4.12. The highest BCUT2D eigenvalue weighted by atomic mass is 35.5. The monoisotopic (exact) mass is 353 g/mol. The summed E-state index contributed by atoms with van der Waals surface area (Å²) in [6.07, 6.45) is 0.467. The Morgan fingerprint density at radius 1 is 1.41 bits per heavy atom. The second-order valence-electron chi connectivity index (χ2n) is 5.10. The van der Waals surface area contributed by atoms with Crippen LogP contribution in [0.4, 0.5) is 5.69 Å². The van der Waals surface area contributed by atoms with E-state index in [2.05, 4.69) is 16.5 Å². The Morgan fingerprint density at radius 2 is 2.18 bits per heavy atom. The van der Waals surface area contributed by atoms with Gasteiger partial charge in [-0.05, 0) is 42.1 Å². The van der Waals surface area contributed by atoms with E-state index < -0.39 is 5.91 Å². The zero-order chi connectivity index (χ0) is 15.9. The number of thiophene rings is 1. The fraction of sp³-hybridized carbons (Fsp3) is 0.200. The zero-order valence-corrected chi connectivity index (χ0v) is 14.0. The first kappa shape index (κ1) is 15.3. The molecule has 1 aromatic heterocycles. The number of carbonyl (C=O) groups excluding carboxylic acids is 1. The molecule has 2 N–H and O–H groups in total. The molecule has 0 saturated carbocycles. The van der Waals surface area contributed by atoms with Gasteiger partial charge in [0.05, 0.1) is 16.8 Å². The van der Waals surface area contributed by atoms with Crippen molar-refractivity contribution < 1.29 is 4.79 Å². The summed E-state index contributed by atoms with van der Waals surface area (Å²) in [6, 6.07) is 7.21. The number of amides is 1. The molecule has 1 atom stereocenters. The quantitative estimate of drug-likeness (QED) is 0.900. The molecule has 7 heteroatoms. The summed E-state index contributed by atoms with van der Waals surface area (Å²) in [6.45, 7) is 2.03. The second-order valence-corrected chi connectivity index (χ2v) is 6.88. The Bertz CT molecular complexity index is 772. The van der Waals surface area contributed by atoms with Crippen molar-refractivity contribution in [2.75, 3.05) is 5.01 Å². The lowest BCUT2D eigenvalue weighted by molar-refractivity contribution is -0.112. The van der Waals surface area contributed by atoms with Crippen molar-refractivity contribution in [1.82, 2.24) is 0 Å². The molecule has 0 aliphatic carbocycles. The second kappa shape index (κ2) is 5.91. The first-order chi connectivity index (χ1) is 10.5. The van der Waals surface area contributed by atoms with Gasteiger partial charge < -0.3 is 5.73 Å². The van der Waals surface area contributed by atoms with Crippen LogP contribution in [0.25, 0.3) is 0 Å². The highest BCUT2D eigenvalue weighted by molar-refractivity contribution is 7.10. The van der Waals surface area contributed by atoms with E-state index in [1.54, 1.807) is 34.5 Å². The molecule has 0 fully saturated rings. The van der Waals surface area contributed by atoms with E-state index in [0.29, 0.717) is 27.9 Å². The molecule has 0 radical (unpaired) electrons. The predicted octanol–water partition coefficient (Wildman–Crippen LogP) is 4.16. The lowest BCUT2D eigenvalue weighted by atomic mass is 10.1. The van der Waals surface area contributed by atoms with Crippen molar-refractivity contribution in [1.29, 1.82) is 0 Å². The van der Waals surface area contributed by atoms with Crippen molar-refractivity contribution in [2.24, 2.45) is 10.8 Å². The van der Waals surface area contributed by atoms with Gasteiger partial charge in [0.25, 0.3) is 5.91 Å². The molecule has 1 amide bonds. The first-order valence-electron chi connectivity index (χ1n) is 6.62. The third kappa shape index (κ3) is 2.84. The number of rotatable bonds is 3. The minimum Gasteiger partial charge on any atom is -0.364 e. The van der Waals surface area contributed by atoms with Crippen molar-refractivity contribution in [3.8, 4) is 0 Å². The van der Waals surface area contributed by atoms with Crippen LogP contribution < -0.4 is 10.7 Å². The normalized spacial score (nSPS) is 17.7. The van der Waals surface area contributed by atoms with Crippen LogP contribution in [0.1, 0.15) is 22.9 Å². The van der Waals surface area contributed by atoms with E-state index in [4.69, 9.17) is 28.9 Å². The predicted molar refractivity (Wildman–Crippen MR) is 92.0 cm³/mol. The molecule has 1 aliphatic rings. The Labute approximate surface area is 142 Å². The number of primary amides is 1. The maximum absolute atomic E-state index is 11.5. The SMILES string of the molecule is Cc1csc(C2CC(C(N)=O)=NN2c2ccc(Cl)cc2Cl)c1. The van der Waals surface area contributed by atoms with E-state index in [-0.39, 0.29) is 6.04 Å². The molecule has 114 valence electrons. The van der Waals surface area contributed by atoms with Crippen LogP contribution in [-0.2, 0) is 4.79 Å². The summed E-state index contributed by atoms with van der Waals surface area (Å²) in [7, 11) is 0. The summed E-state index contributed by atoms with van der Waals surface area (Å²) >= 11 is 13.9. The van der Waals surface area contributed by atoms with Crippen LogP contribution in [0.3, 0.4) is 0 Å². The summed E-state index contributed by atoms with van der Waals surface area (Å²) in [4.78, 5) is 12.6.